The van der Waals surface area contributed by atoms with Gasteiger partial charge in [-0.05, 0) is 18.6 Å². The molecule has 0 saturated carbocycles. The third-order valence-corrected chi connectivity index (χ3v) is 3.80. The first kappa shape index (κ1) is 14.8. The molecule has 1 heterocycles. The number of carboxylic acid groups (broad SMARTS) is 1. The molecule has 4 nitrogen and oxygen atoms in total. The molecule has 0 spiro atoms. The Labute approximate surface area is 118 Å². The van der Waals surface area contributed by atoms with Gasteiger partial charge in [-0.2, -0.15) is 0 Å². The Kier molecular flexibility index (Phi) is 4.95. The van der Waals surface area contributed by atoms with E-state index in [1.165, 1.54) is 6.07 Å². The number of hydrogen-bond donors (Lipinski definition) is 1. The minimum Gasteiger partial charge on any atom is -0.480 e. The molecule has 1 aromatic rings. The van der Waals surface area contributed by atoms with Crippen LogP contribution in [0.4, 0.5) is 10.1 Å². The fourth-order valence-electron chi connectivity index (χ4n) is 2.72. The van der Waals surface area contributed by atoms with E-state index in [0.717, 1.165) is 6.42 Å². The lowest BCUT2D eigenvalue weighted by Gasteiger charge is -2.38. The Morgan fingerprint density at radius 3 is 2.50 bits per heavy atom. The van der Waals surface area contributed by atoms with Gasteiger partial charge in [0, 0.05) is 26.2 Å². The highest BCUT2D eigenvalue weighted by molar-refractivity contribution is 5.73. The van der Waals surface area contributed by atoms with Crippen molar-refractivity contribution < 1.29 is 14.3 Å². The van der Waals surface area contributed by atoms with Gasteiger partial charge in [-0.3, -0.25) is 9.69 Å². The second-order valence-electron chi connectivity index (χ2n) is 5.12. The van der Waals surface area contributed by atoms with E-state index in [2.05, 4.69) is 0 Å². The topological polar surface area (TPSA) is 43.8 Å². The molecule has 110 valence electrons. The maximum atomic E-state index is 13.7. The summed E-state index contributed by atoms with van der Waals surface area (Å²) in [6, 6.07) is 6.31. The van der Waals surface area contributed by atoms with E-state index in [4.69, 9.17) is 0 Å². The molecule has 0 aromatic heterocycles. The third-order valence-electron chi connectivity index (χ3n) is 3.80. The van der Waals surface area contributed by atoms with Gasteiger partial charge in [0.1, 0.15) is 11.9 Å². The predicted octanol–water partition coefficient (Wildman–Crippen LogP) is 2.20. The summed E-state index contributed by atoms with van der Waals surface area (Å²) in [7, 11) is 0. The molecular weight excluding hydrogens is 259 g/mol. The number of benzene rings is 1. The molecule has 20 heavy (non-hydrogen) atoms. The Hall–Kier alpha value is -1.62. The van der Waals surface area contributed by atoms with Crippen LogP contribution in [0.5, 0.6) is 0 Å². The number of para-hydroxylation sites is 1. The largest absolute Gasteiger partial charge is 0.480 e. The lowest BCUT2D eigenvalue weighted by atomic mass is 10.1. The summed E-state index contributed by atoms with van der Waals surface area (Å²) in [6.45, 7) is 4.63. The number of piperazine rings is 1. The van der Waals surface area contributed by atoms with E-state index in [0.29, 0.717) is 38.3 Å². The van der Waals surface area contributed by atoms with Gasteiger partial charge in [0.05, 0.1) is 5.69 Å². The Bertz CT molecular complexity index is 459. The van der Waals surface area contributed by atoms with Crippen molar-refractivity contribution >= 4 is 11.7 Å². The second-order valence-corrected chi connectivity index (χ2v) is 5.12. The molecular formula is C15H21FN2O2. The third kappa shape index (κ3) is 3.28. The summed E-state index contributed by atoms with van der Waals surface area (Å²) in [5.74, 6) is -0.976. The lowest BCUT2D eigenvalue weighted by Crippen LogP contribution is -2.52. The summed E-state index contributed by atoms with van der Waals surface area (Å²) < 4.78 is 13.7. The van der Waals surface area contributed by atoms with Gasteiger partial charge in [0.15, 0.2) is 0 Å². The normalized spacial score (nSPS) is 18.0. The summed E-state index contributed by atoms with van der Waals surface area (Å²) in [5, 5.41) is 9.27. The van der Waals surface area contributed by atoms with Crippen molar-refractivity contribution in [1.82, 2.24) is 4.90 Å². The summed E-state index contributed by atoms with van der Waals surface area (Å²) in [5.41, 5.74) is 0.606. The molecule has 1 saturated heterocycles. The molecule has 0 aliphatic carbocycles. The van der Waals surface area contributed by atoms with Gasteiger partial charge < -0.3 is 10.0 Å². The lowest BCUT2D eigenvalue weighted by molar-refractivity contribution is -0.143. The molecule has 1 atom stereocenters. The molecule has 0 bridgehead atoms. The SMILES string of the molecule is CCCC(C(=O)O)N1CCN(c2ccccc2F)CC1. The Balaban J connectivity index is 1.98. The highest BCUT2D eigenvalue weighted by Crippen LogP contribution is 2.21. The first-order chi connectivity index (χ1) is 9.63. The van der Waals surface area contributed by atoms with E-state index >= 15 is 0 Å². The van der Waals surface area contributed by atoms with Crippen LogP contribution in [0.3, 0.4) is 0 Å². The second kappa shape index (κ2) is 6.70. The number of carbonyl (C=O) groups is 1. The number of anilines is 1. The van der Waals surface area contributed by atoms with Crippen LogP contribution < -0.4 is 4.90 Å². The highest BCUT2D eigenvalue weighted by Gasteiger charge is 2.28. The number of hydrogen-bond acceptors (Lipinski definition) is 3. The minimum absolute atomic E-state index is 0.218. The summed E-state index contributed by atoms with van der Waals surface area (Å²) in [6.07, 6.45) is 1.51. The molecule has 1 fully saturated rings. The first-order valence-corrected chi connectivity index (χ1v) is 7.09. The van der Waals surface area contributed by atoms with Crippen LogP contribution in [-0.4, -0.2) is 48.2 Å². The maximum Gasteiger partial charge on any atom is 0.320 e. The Morgan fingerprint density at radius 1 is 1.30 bits per heavy atom. The summed E-state index contributed by atoms with van der Waals surface area (Å²) >= 11 is 0. The first-order valence-electron chi connectivity index (χ1n) is 7.09. The zero-order valence-corrected chi connectivity index (χ0v) is 11.8. The molecule has 0 radical (unpaired) electrons. The van der Waals surface area contributed by atoms with Crippen LogP contribution in [0.25, 0.3) is 0 Å². The standard InChI is InChI=1S/C15H21FN2O2/c1-2-5-14(15(19)20)18-10-8-17(9-11-18)13-7-4-3-6-12(13)16/h3-4,6-7,14H,2,5,8-11H2,1H3,(H,19,20). The molecule has 1 aliphatic heterocycles. The van der Waals surface area contributed by atoms with Crippen molar-refractivity contribution in [3.63, 3.8) is 0 Å². The molecule has 1 aromatic carbocycles. The molecule has 0 amide bonds. The average molecular weight is 280 g/mol. The van der Waals surface area contributed by atoms with Gasteiger partial charge in [0.2, 0.25) is 0 Å². The van der Waals surface area contributed by atoms with Gasteiger partial charge >= 0.3 is 5.97 Å². The van der Waals surface area contributed by atoms with E-state index in [-0.39, 0.29) is 5.82 Å². The van der Waals surface area contributed by atoms with Crippen LogP contribution in [0.2, 0.25) is 0 Å². The van der Waals surface area contributed by atoms with Gasteiger partial charge in [-0.15, -0.1) is 0 Å². The van der Waals surface area contributed by atoms with Crippen molar-refractivity contribution in [1.29, 1.82) is 0 Å². The van der Waals surface area contributed by atoms with Crippen LogP contribution >= 0.6 is 0 Å². The van der Waals surface area contributed by atoms with Gasteiger partial charge in [0.25, 0.3) is 0 Å². The molecule has 1 N–H and O–H groups in total. The minimum atomic E-state index is -0.758. The highest BCUT2D eigenvalue weighted by atomic mass is 19.1. The quantitative estimate of drug-likeness (QED) is 0.898. The monoisotopic (exact) mass is 280 g/mol. The number of rotatable bonds is 5. The predicted molar refractivity (Wildman–Crippen MR) is 76.5 cm³/mol. The fraction of sp³-hybridized carbons (Fsp3) is 0.533. The fourth-order valence-corrected chi connectivity index (χ4v) is 2.72. The van der Waals surface area contributed by atoms with E-state index in [1.807, 2.05) is 22.8 Å². The average Bonchev–Trinajstić information content (AvgIpc) is 2.45. The Morgan fingerprint density at radius 2 is 1.95 bits per heavy atom. The molecule has 5 heteroatoms. The number of halogens is 1. The van der Waals surface area contributed by atoms with Crippen LogP contribution in [0.1, 0.15) is 19.8 Å². The van der Waals surface area contributed by atoms with E-state index in [1.54, 1.807) is 12.1 Å². The van der Waals surface area contributed by atoms with E-state index < -0.39 is 12.0 Å². The molecule has 1 unspecified atom stereocenters. The van der Waals surface area contributed by atoms with Crippen LogP contribution in [0.15, 0.2) is 24.3 Å². The van der Waals surface area contributed by atoms with Crippen molar-refractivity contribution in [3.05, 3.63) is 30.1 Å². The maximum absolute atomic E-state index is 13.7. The number of carboxylic acids is 1. The summed E-state index contributed by atoms with van der Waals surface area (Å²) in [4.78, 5) is 15.3. The van der Waals surface area contributed by atoms with Crippen LogP contribution in [-0.2, 0) is 4.79 Å². The van der Waals surface area contributed by atoms with Gasteiger partial charge in [-0.1, -0.05) is 25.5 Å². The van der Waals surface area contributed by atoms with Crippen molar-refractivity contribution in [2.75, 3.05) is 31.1 Å². The van der Waals surface area contributed by atoms with Crippen molar-refractivity contribution in [3.8, 4) is 0 Å². The zero-order valence-electron chi connectivity index (χ0n) is 11.8. The molecule has 1 aliphatic rings. The molecule has 2 rings (SSSR count). The van der Waals surface area contributed by atoms with E-state index in [9.17, 15) is 14.3 Å². The number of nitrogens with zero attached hydrogens (tertiary/aromatic N) is 2. The zero-order chi connectivity index (χ0) is 14.5. The van der Waals surface area contributed by atoms with Gasteiger partial charge in [-0.25, -0.2) is 4.39 Å². The van der Waals surface area contributed by atoms with Crippen molar-refractivity contribution in [2.24, 2.45) is 0 Å². The van der Waals surface area contributed by atoms with Crippen molar-refractivity contribution in [2.45, 2.75) is 25.8 Å². The number of aliphatic carboxylic acids is 1. The van der Waals surface area contributed by atoms with Crippen LogP contribution in [0, 0.1) is 5.82 Å². The smallest absolute Gasteiger partial charge is 0.320 e.